The van der Waals surface area contributed by atoms with Crippen molar-refractivity contribution in [3.8, 4) is 0 Å². The summed E-state index contributed by atoms with van der Waals surface area (Å²) in [6.07, 6.45) is 1.38. The molecule has 5 heteroatoms. The van der Waals surface area contributed by atoms with E-state index in [2.05, 4.69) is 4.98 Å². The van der Waals surface area contributed by atoms with Gasteiger partial charge >= 0.3 is 0 Å². The summed E-state index contributed by atoms with van der Waals surface area (Å²) in [5.41, 5.74) is 5.42. The number of aromatic nitrogens is 1. The fourth-order valence-corrected chi connectivity index (χ4v) is 1.41. The number of nitrogens with zero attached hydrogens (tertiary/aromatic N) is 1. The van der Waals surface area contributed by atoms with E-state index >= 15 is 0 Å². The van der Waals surface area contributed by atoms with E-state index < -0.39 is 17.4 Å². The molecule has 2 rings (SSSR count). The van der Waals surface area contributed by atoms with Gasteiger partial charge < -0.3 is 5.73 Å². The molecule has 0 saturated heterocycles. The Bertz CT molecular complexity index is 584. The van der Waals surface area contributed by atoms with Crippen LogP contribution in [0.15, 0.2) is 36.5 Å². The summed E-state index contributed by atoms with van der Waals surface area (Å²) >= 11 is 0. The molecule has 0 aliphatic rings. The van der Waals surface area contributed by atoms with Crippen molar-refractivity contribution in [2.45, 2.75) is 0 Å². The molecular formula is C12H8F2N2O. The molecule has 1 aromatic heterocycles. The van der Waals surface area contributed by atoms with Gasteiger partial charge in [0.2, 0.25) is 5.78 Å². The quantitative estimate of drug-likeness (QED) is 0.810. The average Bonchev–Trinajstić information content (AvgIpc) is 2.29. The molecule has 0 bridgehead atoms. The van der Waals surface area contributed by atoms with Gasteiger partial charge in [-0.3, -0.25) is 9.78 Å². The molecule has 1 aromatic carbocycles. The van der Waals surface area contributed by atoms with E-state index in [0.717, 1.165) is 12.1 Å². The zero-order chi connectivity index (χ0) is 12.4. The van der Waals surface area contributed by atoms with Crippen LogP contribution in [-0.4, -0.2) is 10.8 Å². The van der Waals surface area contributed by atoms with E-state index in [0.29, 0.717) is 6.07 Å². The largest absolute Gasteiger partial charge is 0.397 e. The molecule has 0 atom stereocenters. The van der Waals surface area contributed by atoms with Gasteiger partial charge in [-0.2, -0.15) is 0 Å². The second-order valence-corrected chi connectivity index (χ2v) is 3.39. The van der Waals surface area contributed by atoms with E-state index in [1.807, 2.05) is 0 Å². The van der Waals surface area contributed by atoms with Gasteiger partial charge in [0.1, 0.15) is 17.3 Å². The number of anilines is 1. The lowest BCUT2D eigenvalue weighted by Gasteiger charge is -2.04. The molecule has 86 valence electrons. The second kappa shape index (κ2) is 4.29. The van der Waals surface area contributed by atoms with Crippen molar-refractivity contribution in [1.82, 2.24) is 4.98 Å². The topological polar surface area (TPSA) is 56.0 Å². The average molecular weight is 234 g/mol. The number of nitrogen functional groups attached to an aromatic ring is 1. The number of pyridine rings is 1. The molecule has 2 N–H and O–H groups in total. The van der Waals surface area contributed by atoms with Crippen molar-refractivity contribution >= 4 is 11.5 Å². The summed E-state index contributed by atoms with van der Waals surface area (Å²) in [7, 11) is 0. The van der Waals surface area contributed by atoms with Gasteiger partial charge in [-0.15, -0.1) is 0 Å². The van der Waals surface area contributed by atoms with Crippen LogP contribution >= 0.6 is 0 Å². The molecule has 0 aliphatic carbocycles. The fraction of sp³-hybridized carbons (Fsp3) is 0. The highest BCUT2D eigenvalue weighted by Crippen LogP contribution is 2.17. The molecule has 2 aromatic rings. The Labute approximate surface area is 95.9 Å². The standard InChI is InChI=1S/C12H8F2N2O/c13-7-3-4-8(9(14)6-7)12(17)11-10(15)2-1-5-16-11/h1-6H,15H2. The smallest absolute Gasteiger partial charge is 0.216 e. The zero-order valence-corrected chi connectivity index (χ0v) is 8.65. The Balaban J connectivity index is 2.48. The monoisotopic (exact) mass is 234 g/mol. The minimum Gasteiger partial charge on any atom is -0.397 e. The van der Waals surface area contributed by atoms with Crippen LogP contribution in [0.2, 0.25) is 0 Å². The highest BCUT2D eigenvalue weighted by Gasteiger charge is 2.17. The first kappa shape index (κ1) is 11.2. The van der Waals surface area contributed by atoms with Gasteiger partial charge in [0.25, 0.3) is 0 Å². The maximum absolute atomic E-state index is 13.4. The van der Waals surface area contributed by atoms with Gasteiger partial charge in [-0.05, 0) is 24.3 Å². The number of ketones is 1. The number of carbonyl (C=O) groups is 1. The van der Waals surface area contributed by atoms with Crippen molar-refractivity contribution in [3.05, 3.63) is 59.4 Å². The minimum atomic E-state index is -0.931. The third-order valence-electron chi connectivity index (χ3n) is 2.23. The molecule has 0 fully saturated rings. The van der Waals surface area contributed by atoms with Crippen LogP contribution in [0.4, 0.5) is 14.5 Å². The Hall–Kier alpha value is -2.30. The molecule has 0 unspecified atom stereocenters. The number of halogens is 2. The van der Waals surface area contributed by atoms with Crippen LogP contribution < -0.4 is 5.73 Å². The highest BCUT2D eigenvalue weighted by atomic mass is 19.1. The lowest BCUT2D eigenvalue weighted by Crippen LogP contribution is -2.09. The zero-order valence-electron chi connectivity index (χ0n) is 8.65. The highest BCUT2D eigenvalue weighted by molar-refractivity contribution is 6.10. The number of carbonyl (C=O) groups excluding carboxylic acids is 1. The van der Waals surface area contributed by atoms with E-state index in [4.69, 9.17) is 5.73 Å². The minimum absolute atomic E-state index is 0.0435. The lowest BCUT2D eigenvalue weighted by atomic mass is 10.1. The molecule has 3 nitrogen and oxygen atoms in total. The molecular weight excluding hydrogens is 226 g/mol. The van der Waals surface area contributed by atoms with E-state index in [1.54, 1.807) is 6.07 Å². The van der Waals surface area contributed by atoms with Gasteiger partial charge in [0, 0.05) is 12.3 Å². The van der Waals surface area contributed by atoms with Crippen molar-refractivity contribution in [1.29, 1.82) is 0 Å². The molecule has 0 radical (unpaired) electrons. The molecule has 0 saturated carbocycles. The van der Waals surface area contributed by atoms with Gasteiger partial charge in [0.15, 0.2) is 0 Å². The summed E-state index contributed by atoms with van der Waals surface area (Å²) in [5.74, 6) is -2.34. The van der Waals surface area contributed by atoms with Crippen LogP contribution in [0, 0.1) is 11.6 Å². The third-order valence-corrected chi connectivity index (χ3v) is 2.23. The number of nitrogens with two attached hydrogens (primary N) is 1. The van der Waals surface area contributed by atoms with Crippen molar-refractivity contribution in [2.75, 3.05) is 5.73 Å². The normalized spacial score (nSPS) is 10.2. The number of hydrogen-bond acceptors (Lipinski definition) is 3. The summed E-state index contributed by atoms with van der Waals surface area (Å²) in [6, 6.07) is 5.78. The summed E-state index contributed by atoms with van der Waals surface area (Å²) in [6.45, 7) is 0. The maximum atomic E-state index is 13.4. The number of benzene rings is 1. The first-order valence-corrected chi connectivity index (χ1v) is 4.80. The molecule has 17 heavy (non-hydrogen) atoms. The SMILES string of the molecule is Nc1cccnc1C(=O)c1ccc(F)cc1F. The molecule has 0 amide bonds. The Morgan fingerprint density at radius 2 is 2.00 bits per heavy atom. The fourth-order valence-electron chi connectivity index (χ4n) is 1.41. The van der Waals surface area contributed by atoms with E-state index in [-0.39, 0.29) is 16.9 Å². The molecule has 0 aliphatic heterocycles. The van der Waals surface area contributed by atoms with E-state index in [1.165, 1.54) is 12.3 Å². The van der Waals surface area contributed by atoms with E-state index in [9.17, 15) is 13.6 Å². The van der Waals surface area contributed by atoms with Crippen molar-refractivity contribution in [3.63, 3.8) is 0 Å². The summed E-state index contributed by atoms with van der Waals surface area (Å²) in [5, 5.41) is 0. The van der Waals surface area contributed by atoms with Gasteiger partial charge in [-0.1, -0.05) is 0 Å². The first-order valence-electron chi connectivity index (χ1n) is 4.80. The molecule has 0 spiro atoms. The lowest BCUT2D eigenvalue weighted by molar-refractivity contribution is 0.103. The van der Waals surface area contributed by atoms with Crippen LogP contribution in [0.5, 0.6) is 0 Å². The number of hydrogen-bond donors (Lipinski definition) is 1. The predicted octanol–water partition coefficient (Wildman–Crippen LogP) is 2.17. The van der Waals surface area contributed by atoms with Gasteiger partial charge in [0.05, 0.1) is 11.3 Å². The number of rotatable bonds is 2. The van der Waals surface area contributed by atoms with Crippen LogP contribution in [0.1, 0.15) is 16.1 Å². The Kier molecular flexibility index (Phi) is 2.82. The first-order chi connectivity index (χ1) is 8.09. The Morgan fingerprint density at radius 3 is 2.65 bits per heavy atom. The van der Waals surface area contributed by atoms with Crippen molar-refractivity contribution < 1.29 is 13.6 Å². The summed E-state index contributed by atoms with van der Waals surface area (Å²) in [4.78, 5) is 15.7. The predicted molar refractivity (Wildman–Crippen MR) is 58.4 cm³/mol. The third kappa shape index (κ3) is 2.13. The maximum Gasteiger partial charge on any atom is 0.216 e. The van der Waals surface area contributed by atoms with Crippen molar-refractivity contribution in [2.24, 2.45) is 0 Å². The van der Waals surface area contributed by atoms with Gasteiger partial charge in [-0.25, -0.2) is 8.78 Å². The van der Waals surface area contributed by atoms with Crippen LogP contribution in [0.3, 0.4) is 0 Å². The van der Waals surface area contributed by atoms with Crippen LogP contribution in [0.25, 0.3) is 0 Å². The Morgan fingerprint density at radius 1 is 1.24 bits per heavy atom. The summed E-state index contributed by atoms with van der Waals surface area (Å²) < 4.78 is 26.1. The second-order valence-electron chi connectivity index (χ2n) is 3.39. The van der Waals surface area contributed by atoms with Crippen LogP contribution in [-0.2, 0) is 0 Å². The molecule has 1 heterocycles.